The Bertz CT molecular complexity index is 324. The van der Waals surface area contributed by atoms with Gasteiger partial charge in [0.05, 0.1) is 0 Å². The molecule has 0 aromatic heterocycles. The van der Waals surface area contributed by atoms with Gasteiger partial charge in [-0.2, -0.15) is 0 Å². The highest BCUT2D eigenvalue weighted by Crippen LogP contribution is 2.13. The monoisotopic (exact) mass is 241 g/mol. The molecule has 5 heteroatoms. The third-order valence-electron chi connectivity index (χ3n) is 2.00. The molecule has 0 aromatic rings. The van der Waals surface area contributed by atoms with Gasteiger partial charge in [0.2, 0.25) is 0 Å². The summed E-state index contributed by atoms with van der Waals surface area (Å²) in [4.78, 5) is 23.7. The Labute approximate surface area is 102 Å². The second-order valence-electron chi connectivity index (χ2n) is 4.69. The van der Waals surface area contributed by atoms with Gasteiger partial charge in [0, 0.05) is 13.5 Å². The number of carbonyl (C=O) groups excluding carboxylic acids is 1. The Morgan fingerprint density at radius 3 is 2.35 bits per heavy atom. The smallest absolute Gasteiger partial charge is 0.410 e. The number of amides is 1. The van der Waals surface area contributed by atoms with Crippen LogP contribution in [0.1, 0.15) is 33.6 Å². The van der Waals surface area contributed by atoms with Crippen LogP contribution >= 0.6 is 0 Å². The topological polar surface area (TPSA) is 66.8 Å². The molecule has 0 radical (unpaired) electrons. The summed E-state index contributed by atoms with van der Waals surface area (Å²) in [7, 11) is 1.39. The van der Waals surface area contributed by atoms with Crippen molar-refractivity contribution in [2.75, 3.05) is 7.05 Å². The van der Waals surface area contributed by atoms with Crippen LogP contribution in [0.2, 0.25) is 0 Å². The van der Waals surface area contributed by atoms with E-state index in [4.69, 9.17) is 16.3 Å². The molecule has 5 nitrogen and oxygen atoms in total. The molecule has 1 amide bonds. The quantitative estimate of drug-likeness (QED) is 0.761. The van der Waals surface area contributed by atoms with Crippen LogP contribution in [0.15, 0.2) is 0 Å². The lowest BCUT2D eigenvalue weighted by Gasteiger charge is -2.28. The molecular formula is C12H19NO4. The summed E-state index contributed by atoms with van der Waals surface area (Å²) in [5, 5.41) is 9.00. The van der Waals surface area contributed by atoms with Crippen molar-refractivity contribution in [2.45, 2.75) is 45.3 Å². The number of hydrogen-bond acceptors (Lipinski definition) is 3. The third kappa shape index (κ3) is 5.81. The molecule has 1 atom stereocenters. The van der Waals surface area contributed by atoms with E-state index in [2.05, 4.69) is 5.92 Å². The Balaban J connectivity index is 4.62. The van der Waals surface area contributed by atoms with Crippen molar-refractivity contribution in [1.29, 1.82) is 0 Å². The van der Waals surface area contributed by atoms with Crippen LogP contribution in [0.25, 0.3) is 0 Å². The van der Waals surface area contributed by atoms with Crippen LogP contribution in [0.5, 0.6) is 0 Å². The molecule has 0 aliphatic rings. The average Bonchev–Trinajstić information content (AvgIpc) is 2.14. The SMILES string of the molecule is C#CCCC(C(=O)O)N(C)C(=O)OC(C)(C)C. The van der Waals surface area contributed by atoms with E-state index in [9.17, 15) is 9.59 Å². The number of ether oxygens (including phenoxy) is 1. The maximum absolute atomic E-state index is 11.7. The van der Waals surface area contributed by atoms with Crippen LogP contribution in [-0.4, -0.2) is 40.8 Å². The van der Waals surface area contributed by atoms with Crippen molar-refractivity contribution in [3.8, 4) is 12.3 Å². The maximum atomic E-state index is 11.7. The van der Waals surface area contributed by atoms with Gasteiger partial charge in [0.1, 0.15) is 11.6 Å². The van der Waals surface area contributed by atoms with E-state index in [-0.39, 0.29) is 6.42 Å². The minimum absolute atomic E-state index is 0.210. The highest BCUT2D eigenvalue weighted by atomic mass is 16.6. The first-order valence-electron chi connectivity index (χ1n) is 5.31. The van der Waals surface area contributed by atoms with Gasteiger partial charge in [-0.1, -0.05) is 0 Å². The van der Waals surface area contributed by atoms with Crippen LogP contribution in [-0.2, 0) is 9.53 Å². The fraction of sp³-hybridized carbons (Fsp3) is 0.667. The predicted octanol–water partition coefficient (Wildman–Crippen LogP) is 1.72. The van der Waals surface area contributed by atoms with Gasteiger partial charge in [0.25, 0.3) is 0 Å². The number of rotatable bonds is 4. The van der Waals surface area contributed by atoms with Crippen LogP contribution in [0.3, 0.4) is 0 Å². The minimum atomic E-state index is -1.09. The van der Waals surface area contributed by atoms with Crippen molar-refractivity contribution in [3.63, 3.8) is 0 Å². The van der Waals surface area contributed by atoms with E-state index in [1.54, 1.807) is 20.8 Å². The Morgan fingerprint density at radius 1 is 1.47 bits per heavy atom. The molecule has 0 saturated heterocycles. The molecular weight excluding hydrogens is 222 g/mol. The predicted molar refractivity (Wildman–Crippen MR) is 63.5 cm³/mol. The van der Waals surface area contributed by atoms with Gasteiger partial charge in [-0.25, -0.2) is 9.59 Å². The van der Waals surface area contributed by atoms with Crippen molar-refractivity contribution < 1.29 is 19.4 Å². The molecule has 0 rings (SSSR count). The lowest BCUT2D eigenvalue weighted by molar-refractivity contribution is -0.142. The highest BCUT2D eigenvalue weighted by Gasteiger charge is 2.29. The Morgan fingerprint density at radius 2 is 2.00 bits per heavy atom. The number of carboxylic acids is 1. The zero-order valence-electron chi connectivity index (χ0n) is 10.7. The summed E-state index contributed by atoms with van der Waals surface area (Å²) < 4.78 is 5.08. The van der Waals surface area contributed by atoms with Crippen molar-refractivity contribution in [1.82, 2.24) is 4.90 Å². The number of carboxylic acid groups (broad SMARTS) is 1. The molecule has 1 unspecified atom stereocenters. The third-order valence-corrected chi connectivity index (χ3v) is 2.00. The molecule has 96 valence electrons. The normalized spacial score (nSPS) is 12.4. The number of carbonyl (C=O) groups is 2. The Kier molecular flexibility index (Phi) is 5.52. The summed E-state index contributed by atoms with van der Waals surface area (Å²) in [6, 6.07) is -0.958. The van der Waals surface area contributed by atoms with E-state index in [1.165, 1.54) is 7.05 Å². The second kappa shape index (κ2) is 6.14. The van der Waals surface area contributed by atoms with Crippen LogP contribution in [0, 0.1) is 12.3 Å². The lowest BCUT2D eigenvalue weighted by atomic mass is 10.1. The molecule has 0 bridgehead atoms. The lowest BCUT2D eigenvalue weighted by Crippen LogP contribution is -2.44. The van der Waals surface area contributed by atoms with Crippen molar-refractivity contribution in [2.24, 2.45) is 0 Å². The number of likely N-dealkylation sites (N-methyl/N-ethyl adjacent to an activating group) is 1. The van der Waals surface area contributed by atoms with Gasteiger partial charge in [-0.3, -0.25) is 4.90 Å². The molecule has 0 spiro atoms. The molecule has 0 heterocycles. The van der Waals surface area contributed by atoms with E-state index >= 15 is 0 Å². The van der Waals surface area contributed by atoms with E-state index < -0.39 is 23.7 Å². The zero-order valence-corrected chi connectivity index (χ0v) is 10.7. The molecule has 0 aliphatic carbocycles. The van der Waals surface area contributed by atoms with Gasteiger partial charge >= 0.3 is 12.1 Å². The fourth-order valence-electron chi connectivity index (χ4n) is 1.16. The van der Waals surface area contributed by atoms with Crippen LogP contribution < -0.4 is 0 Å². The first kappa shape index (κ1) is 15.3. The highest BCUT2D eigenvalue weighted by molar-refractivity contribution is 5.79. The van der Waals surface area contributed by atoms with Gasteiger partial charge in [0.15, 0.2) is 0 Å². The van der Waals surface area contributed by atoms with E-state index in [0.29, 0.717) is 6.42 Å². The first-order valence-corrected chi connectivity index (χ1v) is 5.31. The molecule has 0 fully saturated rings. The van der Waals surface area contributed by atoms with E-state index in [0.717, 1.165) is 4.90 Å². The number of terminal acetylenes is 1. The average molecular weight is 241 g/mol. The van der Waals surface area contributed by atoms with Crippen molar-refractivity contribution >= 4 is 12.1 Å². The number of aliphatic carboxylic acids is 1. The fourth-order valence-corrected chi connectivity index (χ4v) is 1.16. The molecule has 17 heavy (non-hydrogen) atoms. The second-order valence-corrected chi connectivity index (χ2v) is 4.69. The summed E-state index contributed by atoms with van der Waals surface area (Å²) in [5.74, 6) is 1.26. The van der Waals surface area contributed by atoms with Gasteiger partial charge in [-0.05, 0) is 27.2 Å². The first-order chi connectivity index (χ1) is 7.69. The summed E-state index contributed by atoms with van der Waals surface area (Å²) in [6.07, 6.45) is 4.92. The summed E-state index contributed by atoms with van der Waals surface area (Å²) in [6.45, 7) is 5.15. The molecule has 0 aromatic carbocycles. The number of nitrogens with zero attached hydrogens (tertiary/aromatic N) is 1. The molecule has 0 saturated carbocycles. The maximum Gasteiger partial charge on any atom is 0.410 e. The molecule has 0 aliphatic heterocycles. The Hall–Kier alpha value is -1.70. The van der Waals surface area contributed by atoms with Crippen molar-refractivity contribution in [3.05, 3.63) is 0 Å². The summed E-state index contributed by atoms with van der Waals surface area (Å²) >= 11 is 0. The van der Waals surface area contributed by atoms with Gasteiger partial charge in [-0.15, -0.1) is 12.3 Å². The van der Waals surface area contributed by atoms with E-state index in [1.807, 2.05) is 0 Å². The minimum Gasteiger partial charge on any atom is -0.480 e. The van der Waals surface area contributed by atoms with Gasteiger partial charge < -0.3 is 9.84 Å². The largest absolute Gasteiger partial charge is 0.480 e. The zero-order chi connectivity index (χ0) is 13.6. The van der Waals surface area contributed by atoms with Crippen LogP contribution in [0.4, 0.5) is 4.79 Å². The standard InChI is InChI=1S/C12H19NO4/c1-6-7-8-9(10(14)15)13(5)11(16)17-12(2,3)4/h1,9H,7-8H2,2-5H3,(H,14,15). The summed E-state index contributed by atoms with van der Waals surface area (Å²) in [5.41, 5.74) is -0.652. The molecule has 1 N–H and O–H groups in total. The number of hydrogen-bond donors (Lipinski definition) is 1.